The number of amides is 2. The summed E-state index contributed by atoms with van der Waals surface area (Å²) >= 11 is 0. The van der Waals surface area contributed by atoms with E-state index in [9.17, 15) is 18.0 Å². The van der Waals surface area contributed by atoms with E-state index >= 15 is 0 Å². The number of carbonyl (C=O) groups is 2. The average Bonchev–Trinajstić information content (AvgIpc) is 3.16. The number of hydrogen-bond acceptors (Lipinski definition) is 7. The molecule has 2 saturated heterocycles. The Labute approximate surface area is 156 Å². The number of primary amides is 1. The molecule has 1 aromatic rings. The zero-order valence-corrected chi connectivity index (χ0v) is 15.4. The van der Waals surface area contributed by atoms with E-state index in [1.54, 1.807) is 0 Å². The molecule has 2 fully saturated rings. The highest BCUT2D eigenvalue weighted by Crippen LogP contribution is 2.29. The van der Waals surface area contributed by atoms with E-state index in [-0.39, 0.29) is 30.6 Å². The van der Waals surface area contributed by atoms with Crippen molar-refractivity contribution in [2.75, 3.05) is 25.1 Å². The largest absolute Gasteiger partial charge is 0.371 e. The lowest BCUT2D eigenvalue weighted by molar-refractivity contribution is -0.126. The average molecular weight is 399 g/mol. The van der Waals surface area contributed by atoms with Crippen molar-refractivity contribution in [2.24, 2.45) is 5.73 Å². The summed E-state index contributed by atoms with van der Waals surface area (Å²) < 4.78 is 44.3. The number of hydrogen-bond donors (Lipinski definition) is 3. The molecule has 27 heavy (non-hydrogen) atoms. The SMILES string of the molecule is CC(=O)Nc1ccc(S(=O)(=O)N[C@@H]2CO[C@@H]3[C@@H]2OC[C@H]3OCC(N)=O)cc1. The van der Waals surface area contributed by atoms with Crippen LogP contribution in [0.15, 0.2) is 29.2 Å². The Balaban J connectivity index is 1.63. The molecule has 0 radical (unpaired) electrons. The third-order valence-electron chi connectivity index (χ3n) is 4.24. The molecule has 2 amide bonds. The second-order valence-electron chi connectivity index (χ2n) is 6.35. The highest BCUT2D eigenvalue weighted by atomic mass is 32.2. The van der Waals surface area contributed by atoms with E-state index in [1.165, 1.54) is 31.2 Å². The van der Waals surface area contributed by atoms with Crippen LogP contribution in [0.4, 0.5) is 5.69 Å². The van der Waals surface area contributed by atoms with Crippen LogP contribution >= 0.6 is 0 Å². The molecule has 0 aromatic heterocycles. The Morgan fingerprint density at radius 2 is 1.85 bits per heavy atom. The second kappa shape index (κ2) is 7.90. The molecular formula is C16H21N3O7S. The Hall–Kier alpha value is -2.05. The zero-order valence-electron chi connectivity index (χ0n) is 14.6. The summed E-state index contributed by atoms with van der Waals surface area (Å²) in [5.41, 5.74) is 5.56. The van der Waals surface area contributed by atoms with Crippen LogP contribution in [0.5, 0.6) is 0 Å². The van der Waals surface area contributed by atoms with Crippen LogP contribution in [-0.4, -0.2) is 64.4 Å². The topological polar surface area (TPSA) is 146 Å². The van der Waals surface area contributed by atoms with Crippen molar-refractivity contribution in [3.63, 3.8) is 0 Å². The molecule has 10 nitrogen and oxygen atoms in total. The fourth-order valence-corrected chi connectivity index (χ4v) is 4.32. The number of nitrogens with one attached hydrogen (secondary N) is 2. The molecule has 148 valence electrons. The first-order valence-electron chi connectivity index (χ1n) is 8.29. The van der Waals surface area contributed by atoms with Gasteiger partial charge in [0, 0.05) is 12.6 Å². The molecule has 4 N–H and O–H groups in total. The van der Waals surface area contributed by atoms with Crippen molar-refractivity contribution < 1.29 is 32.2 Å². The van der Waals surface area contributed by atoms with Gasteiger partial charge in [-0.1, -0.05) is 0 Å². The van der Waals surface area contributed by atoms with Gasteiger partial charge in [-0.2, -0.15) is 0 Å². The van der Waals surface area contributed by atoms with Gasteiger partial charge in [-0.3, -0.25) is 9.59 Å². The summed E-state index contributed by atoms with van der Waals surface area (Å²) in [6.07, 6.45) is -1.47. The maximum atomic E-state index is 12.6. The molecule has 4 atom stereocenters. The number of nitrogens with two attached hydrogens (primary N) is 1. The van der Waals surface area contributed by atoms with Crippen molar-refractivity contribution in [2.45, 2.75) is 36.2 Å². The molecule has 0 saturated carbocycles. The van der Waals surface area contributed by atoms with Gasteiger partial charge in [-0.25, -0.2) is 13.1 Å². The van der Waals surface area contributed by atoms with Gasteiger partial charge in [0.1, 0.15) is 24.9 Å². The number of benzene rings is 1. The third-order valence-corrected chi connectivity index (χ3v) is 5.74. The molecule has 2 aliphatic heterocycles. The summed E-state index contributed by atoms with van der Waals surface area (Å²) in [6, 6.07) is 5.22. The molecule has 0 spiro atoms. The van der Waals surface area contributed by atoms with E-state index < -0.39 is 40.3 Å². The van der Waals surface area contributed by atoms with Crippen LogP contribution in [0, 0.1) is 0 Å². The Bertz CT molecular complexity index is 812. The monoisotopic (exact) mass is 399 g/mol. The molecule has 0 bridgehead atoms. The van der Waals surface area contributed by atoms with Gasteiger partial charge in [0.15, 0.2) is 0 Å². The Morgan fingerprint density at radius 1 is 1.19 bits per heavy atom. The molecule has 2 heterocycles. The van der Waals surface area contributed by atoms with Gasteiger partial charge >= 0.3 is 0 Å². The number of sulfonamides is 1. The van der Waals surface area contributed by atoms with Gasteiger partial charge in [0.25, 0.3) is 0 Å². The van der Waals surface area contributed by atoms with Crippen LogP contribution in [0.3, 0.4) is 0 Å². The lowest BCUT2D eigenvalue weighted by Crippen LogP contribution is -2.44. The van der Waals surface area contributed by atoms with Crippen LogP contribution < -0.4 is 15.8 Å². The van der Waals surface area contributed by atoms with Crippen molar-refractivity contribution in [1.82, 2.24) is 4.72 Å². The lowest BCUT2D eigenvalue weighted by Gasteiger charge is -2.18. The van der Waals surface area contributed by atoms with Crippen molar-refractivity contribution in [1.29, 1.82) is 0 Å². The quantitative estimate of drug-likeness (QED) is 0.531. The first-order chi connectivity index (χ1) is 12.8. The fraction of sp³-hybridized carbons (Fsp3) is 0.500. The summed E-state index contributed by atoms with van der Waals surface area (Å²) in [4.78, 5) is 21.9. The molecule has 11 heteroatoms. The molecule has 2 aliphatic rings. The first kappa shape index (κ1) is 19.7. The van der Waals surface area contributed by atoms with Gasteiger partial charge in [-0.15, -0.1) is 0 Å². The smallest absolute Gasteiger partial charge is 0.243 e. The lowest BCUT2D eigenvalue weighted by atomic mass is 10.1. The van der Waals surface area contributed by atoms with Crippen molar-refractivity contribution in [3.8, 4) is 0 Å². The maximum Gasteiger partial charge on any atom is 0.243 e. The number of anilines is 1. The van der Waals surface area contributed by atoms with Crippen LogP contribution in [0.1, 0.15) is 6.92 Å². The third kappa shape index (κ3) is 4.62. The number of fused-ring (bicyclic) bond motifs is 1. The predicted molar refractivity (Wildman–Crippen MR) is 93.3 cm³/mol. The van der Waals surface area contributed by atoms with E-state index in [0.29, 0.717) is 5.69 Å². The zero-order chi connectivity index (χ0) is 19.6. The predicted octanol–water partition coefficient (Wildman–Crippen LogP) is -1.04. The Morgan fingerprint density at radius 3 is 2.48 bits per heavy atom. The number of ether oxygens (including phenoxy) is 3. The highest BCUT2D eigenvalue weighted by molar-refractivity contribution is 7.89. The van der Waals surface area contributed by atoms with E-state index in [4.69, 9.17) is 19.9 Å². The second-order valence-corrected chi connectivity index (χ2v) is 8.06. The molecular weight excluding hydrogens is 378 g/mol. The van der Waals surface area contributed by atoms with Gasteiger partial charge < -0.3 is 25.3 Å². The summed E-state index contributed by atoms with van der Waals surface area (Å²) in [5, 5.41) is 2.57. The van der Waals surface area contributed by atoms with Crippen LogP contribution in [-0.2, 0) is 33.8 Å². The van der Waals surface area contributed by atoms with Crippen molar-refractivity contribution in [3.05, 3.63) is 24.3 Å². The molecule has 1 aromatic carbocycles. The van der Waals surface area contributed by atoms with Crippen LogP contribution in [0.2, 0.25) is 0 Å². The van der Waals surface area contributed by atoms with Gasteiger partial charge in [0.2, 0.25) is 21.8 Å². The summed E-state index contributed by atoms with van der Waals surface area (Å²) in [5.74, 6) is -0.847. The first-order valence-corrected chi connectivity index (χ1v) is 9.77. The van der Waals surface area contributed by atoms with Crippen LogP contribution in [0.25, 0.3) is 0 Å². The molecule has 0 aliphatic carbocycles. The summed E-state index contributed by atoms with van der Waals surface area (Å²) in [7, 11) is -3.81. The minimum atomic E-state index is -3.81. The maximum absolute atomic E-state index is 12.6. The number of carbonyl (C=O) groups excluding carboxylic acids is 2. The van der Waals surface area contributed by atoms with Gasteiger partial charge in [-0.05, 0) is 24.3 Å². The Kier molecular flexibility index (Phi) is 5.77. The number of rotatable bonds is 7. The highest BCUT2D eigenvalue weighted by Gasteiger charge is 2.49. The molecule has 3 rings (SSSR count). The van der Waals surface area contributed by atoms with Gasteiger partial charge in [0.05, 0.1) is 24.2 Å². The van der Waals surface area contributed by atoms with E-state index in [0.717, 1.165) is 0 Å². The fourth-order valence-electron chi connectivity index (χ4n) is 3.09. The minimum Gasteiger partial charge on any atom is -0.371 e. The normalized spacial score (nSPS) is 27.3. The summed E-state index contributed by atoms with van der Waals surface area (Å²) in [6.45, 7) is 1.42. The minimum absolute atomic E-state index is 0.0552. The van der Waals surface area contributed by atoms with Crippen molar-refractivity contribution >= 4 is 27.5 Å². The van der Waals surface area contributed by atoms with E-state index in [2.05, 4.69) is 10.0 Å². The standard InChI is InChI=1S/C16H21N3O7S/c1-9(20)18-10-2-4-11(5-3-10)27(22,23)19-12-6-25-16-13(7-26-15(12)16)24-8-14(17)21/h2-5,12-13,15-16,19H,6-8H2,1H3,(H2,17,21)(H,18,20)/t12-,13-,15-,16+/m1/s1. The molecule has 0 unspecified atom stereocenters. The van der Waals surface area contributed by atoms with E-state index in [1.807, 2.05) is 0 Å².